The van der Waals surface area contributed by atoms with Gasteiger partial charge in [0.1, 0.15) is 0 Å². The topological polar surface area (TPSA) is 0 Å². The van der Waals surface area contributed by atoms with Gasteiger partial charge < -0.3 is 0 Å². The van der Waals surface area contributed by atoms with E-state index in [-0.39, 0.29) is 0 Å². The number of hydrogen-bond acceptors (Lipinski definition) is 0. The van der Waals surface area contributed by atoms with E-state index in [0.29, 0.717) is 0 Å². The summed E-state index contributed by atoms with van der Waals surface area (Å²) in [6, 6.07) is 0. The smallest absolute Gasteiger partial charge is 0.0329 e. The molecule has 0 aliphatic heterocycles. The molecular formula is C12H20. The van der Waals surface area contributed by atoms with Gasteiger partial charge in [-0.15, -0.1) is 0 Å². The summed E-state index contributed by atoms with van der Waals surface area (Å²) in [4.78, 5) is 0. The van der Waals surface area contributed by atoms with Crippen molar-refractivity contribution < 1.29 is 0 Å². The molecule has 68 valence electrons. The third kappa shape index (κ3) is 0.963. The zero-order valence-corrected chi connectivity index (χ0v) is 7.97. The Hall–Kier alpha value is 0. The summed E-state index contributed by atoms with van der Waals surface area (Å²) in [6.45, 7) is 0. The van der Waals surface area contributed by atoms with Crippen molar-refractivity contribution >= 4 is 0 Å². The molecule has 0 heteroatoms. The Morgan fingerprint density at radius 3 is 1.42 bits per heavy atom. The van der Waals surface area contributed by atoms with Gasteiger partial charge in [-0.3, -0.25) is 0 Å². The number of hydrogen-bond donors (Lipinski definition) is 0. The Bertz CT molecular complexity index is 155. The van der Waals surface area contributed by atoms with Crippen LogP contribution in [0.3, 0.4) is 0 Å². The summed E-state index contributed by atoms with van der Waals surface area (Å²) < 4.78 is 0. The highest BCUT2D eigenvalue weighted by Crippen LogP contribution is 2.55. The van der Waals surface area contributed by atoms with Gasteiger partial charge >= 0.3 is 0 Å². The Balaban J connectivity index is 1.85. The van der Waals surface area contributed by atoms with E-state index in [1.807, 2.05) is 0 Å². The minimum Gasteiger partial charge on any atom is -0.0530 e. The third-order valence-electron chi connectivity index (χ3n) is 4.85. The standard InChI is InChI=1S/C12H20/c1-2-4-10-6-8-11-7-5-9(3-1)12(10)11/h9-12H,1-8H2. The van der Waals surface area contributed by atoms with Gasteiger partial charge in [-0.25, -0.2) is 0 Å². The van der Waals surface area contributed by atoms with Crippen molar-refractivity contribution in [2.24, 2.45) is 23.7 Å². The van der Waals surface area contributed by atoms with Gasteiger partial charge in [0.15, 0.2) is 0 Å². The van der Waals surface area contributed by atoms with Crippen LogP contribution >= 0.6 is 0 Å². The molecular weight excluding hydrogens is 144 g/mol. The molecule has 0 N–H and O–H groups in total. The number of rotatable bonds is 0. The highest BCUT2D eigenvalue weighted by atomic mass is 14.5. The largest absolute Gasteiger partial charge is 0.0530 e. The van der Waals surface area contributed by atoms with Crippen LogP contribution in [0.25, 0.3) is 0 Å². The Labute approximate surface area is 75.7 Å². The lowest BCUT2D eigenvalue weighted by Crippen LogP contribution is -2.15. The second-order valence-electron chi connectivity index (χ2n) is 5.30. The van der Waals surface area contributed by atoms with E-state index < -0.39 is 0 Å². The molecule has 0 saturated heterocycles. The normalized spacial score (nSPS) is 52.0. The molecule has 0 radical (unpaired) electrons. The predicted octanol–water partition coefficient (Wildman–Crippen LogP) is 3.61. The van der Waals surface area contributed by atoms with E-state index in [0.717, 1.165) is 0 Å². The SMILES string of the molecule is C1CCC2CCC3CCC(C1)C23. The molecule has 0 aromatic rings. The summed E-state index contributed by atoms with van der Waals surface area (Å²) in [5, 5.41) is 0. The lowest BCUT2D eigenvalue weighted by Gasteiger charge is -2.21. The summed E-state index contributed by atoms with van der Waals surface area (Å²) >= 11 is 0. The van der Waals surface area contributed by atoms with Crippen LogP contribution in [-0.4, -0.2) is 0 Å². The molecule has 0 aromatic heterocycles. The quantitative estimate of drug-likeness (QED) is 0.513. The van der Waals surface area contributed by atoms with Crippen LogP contribution in [0.1, 0.15) is 51.4 Å². The fraction of sp³-hybridized carbons (Fsp3) is 1.00. The van der Waals surface area contributed by atoms with E-state index in [4.69, 9.17) is 0 Å². The molecule has 3 fully saturated rings. The lowest BCUT2D eigenvalue weighted by atomic mass is 9.84. The molecule has 0 aromatic carbocycles. The van der Waals surface area contributed by atoms with Crippen molar-refractivity contribution in [2.45, 2.75) is 51.4 Å². The summed E-state index contributed by atoms with van der Waals surface area (Å²) in [5.74, 6) is 4.72. The molecule has 0 nitrogen and oxygen atoms in total. The predicted molar refractivity (Wildman–Crippen MR) is 50.9 cm³/mol. The van der Waals surface area contributed by atoms with Gasteiger partial charge in [-0.2, -0.15) is 0 Å². The summed E-state index contributed by atoms with van der Waals surface area (Å²) in [7, 11) is 0. The highest BCUT2D eigenvalue weighted by molar-refractivity contribution is 4.95. The van der Waals surface area contributed by atoms with Gasteiger partial charge in [-0.1, -0.05) is 25.7 Å². The summed E-state index contributed by atoms with van der Waals surface area (Å²) in [5.41, 5.74) is 0. The average Bonchev–Trinajstić information content (AvgIpc) is 2.57. The van der Waals surface area contributed by atoms with Crippen molar-refractivity contribution in [3.8, 4) is 0 Å². The van der Waals surface area contributed by atoms with Crippen molar-refractivity contribution in [2.75, 3.05) is 0 Å². The Morgan fingerprint density at radius 1 is 0.500 bits per heavy atom. The first-order valence-electron chi connectivity index (χ1n) is 5.95. The van der Waals surface area contributed by atoms with E-state index in [1.54, 1.807) is 51.4 Å². The Morgan fingerprint density at radius 2 is 0.917 bits per heavy atom. The zero-order chi connectivity index (χ0) is 7.97. The minimum absolute atomic E-state index is 1.17. The molecule has 0 heterocycles. The van der Waals surface area contributed by atoms with Crippen LogP contribution in [0.15, 0.2) is 0 Å². The van der Waals surface area contributed by atoms with Crippen LogP contribution < -0.4 is 0 Å². The fourth-order valence-electron chi connectivity index (χ4n) is 4.41. The van der Waals surface area contributed by atoms with Gasteiger partial charge in [0, 0.05) is 0 Å². The molecule has 3 saturated carbocycles. The maximum absolute atomic E-state index is 1.59. The fourth-order valence-corrected chi connectivity index (χ4v) is 4.41. The van der Waals surface area contributed by atoms with Crippen molar-refractivity contribution in [3.05, 3.63) is 0 Å². The first-order valence-corrected chi connectivity index (χ1v) is 5.95. The molecule has 2 unspecified atom stereocenters. The molecule has 2 atom stereocenters. The third-order valence-corrected chi connectivity index (χ3v) is 4.85. The van der Waals surface area contributed by atoms with Crippen molar-refractivity contribution in [1.29, 1.82) is 0 Å². The second-order valence-corrected chi connectivity index (χ2v) is 5.30. The van der Waals surface area contributed by atoms with Gasteiger partial charge in [0.2, 0.25) is 0 Å². The van der Waals surface area contributed by atoms with Crippen LogP contribution in [0.5, 0.6) is 0 Å². The van der Waals surface area contributed by atoms with Gasteiger partial charge in [0.05, 0.1) is 0 Å². The first-order chi connectivity index (χ1) is 5.95. The maximum Gasteiger partial charge on any atom is -0.0329 e. The van der Waals surface area contributed by atoms with E-state index in [9.17, 15) is 0 Å². The summed E-state index contributed by atoms with van der Waals surface area (Å²) in [6.07, 6.45) is 12.6. The van der Waals surface area contributed by atoms with E-state index in [1.165, 1.54) is 23.7 Å². The van der Waals surface area contributed by atoms with Crippen molar-refractivity contribution in [3.63, 3.8) is 0 Å². The monoisotopic (exact) mass is 164 g/mol. The molecule has 0 bridgehead atoms. The molecule has 0 amide bonds. The van der Waals surface area contributed by atoms with Crippen LogP contribution in [0, 0.1) is 23.7 Å². The molecule has 3 aliphatic carbocycles. The van der Waals surface area contributed by atoms with Crippen LogP contribution in [0.4, 0.5) is 0 Å². The molecule has 0 spiro atoms. The van der Waals surface area contributed by atoms with Crippen LogP contribution in [-0.2, 0) is 0 Å². The van der Waals surface area contributed by atoms with E-state index >= 15 is 0 Å². The first kappa shape index (κ1) is 7.41. The molecule has 3 aliphatic rings. The molecule has 3 rings (SSSR count). The second kappa shape index (κ2) is 2.75. The minimum atomic E-state index is 1.17. The highest BCUT2D eigenvalue weighted by Gasteiger charge is 2.45. The maximum atomic E-state index is 1.59. The van der Waals surface area contributed by atoms with Gasteiger partial charge in [-0.05, 0) is 49.4 Å². The van der Waals surface area contributed by atoms with Crippen molar-refractivity contribution in [1.82, 2.24) is 0 Å². The Kier molecular flexibility index (Phi) is 1.70. The van der Waals surface area contributed by atoms with E-state index in [2.05, 4.69) is 0 Å². The zero-order valence-electron chi connectivity index (χ0n) is 7.97. The molecule has 12 heavy (non-hydrogen) atoms. The van der Waals surface area contributed by atoms with Crippen LogP contribution in [0.2, 0.25) is 0 Å². The average molecular weight is 164 g/mol. The van der Waals surface area contributed by atoms with Gasteiger partial charge in [0.25, 0.3) is 0 Å². The lowest BCUT2D eigenvalue weighted by molar-refractivity contribution is 0.273.